The summed E-state index contributed by atoms with van der Waals surface area (Å²) >= 11 is 0. The summed E-state index contributed by atoms with van der Waals surface area (Å²) in [4.78, 5) is 54.3. The van der Waals surface area contributed by atoms with E-state index in [9.17, 15) is 24.4 Å². The van der Waals surface area contributed by atoms with Gasteiger partial charge < -0.3 is 30.3 Å². The van der Waals surface area contributed by atoms with Crippen LogP contribution in [0.5, 0.6) is 0 Å². The number of alkyl carbamates (subject to hydrolysis) is 1. The monoisotopic (exact) mass is 543 g/mol. The highest BCUT2D eigenvalue weighted by Crippen LogP contribution is 2.65. The molecule has 2 aliphatic carbocycles. The van der Waals surface area contributed by atoms with Crippen LogP contribution in [0.3, 0.4) is 0 Å². The first-order valence-electron chi connectivity index (χ1n) is 14.1. The van der Waals surface area contributed by atoms with E-state index in [1.807, 2.05) is 20.8 Å². The predicted octanol–water partition coefficient (Wildman–Crippen LogP) is 1.47. The van der Waals surface area contributed by atoms with E-state index in [2.05, 4.69) is 35.9 Å². The molecule has 0 aromatic carbocycles. The van der Waals surface area contributed by atoms with Crippen molar-refractivity contribution in [2.45, 2.75) is 96.5 Å². The molecule has 3 heterocycles. The number of ether oxygens (including phenoxy) is 2. The second-order valence-corrected chi connectivity index (χ2v) is 13.8. The minimum Gasteiger partial charge on any atom is -0.444 e. The number of nitrogens with zero attached hydrogens (tertiary/aromatic N) is 2. The molecule has 3 saturated heterocycles. The standard InChI is InChI=1S/C28H41N5O6/c1-26(2,3)21(31-25(37)39-17-6-9-38-14-17)24(36)33-13-18-19(27(18,4)5)20(33)23(35)30-16(12-29)10-15-11-28(7-8-28)32-22(15)34/h15-21H,6-11,13-14H2,1-5H3,(H,30,35)(H,31,37)(H,32,34)/t15-,16+,17?,18+,19+,20+,21-/m1/s1. The minimum atomic E-state index is -0.910. The Morgan fingerprint density at radius 3 is 2.54 bits per heavy atom. The highest BCUT2D eigenvalue weighted by atomic mass is 16.6. The van der Waals surface area contributed by atoms with Crippen LogP contribution in [0.2, 0.25) is 0 Å². The Morgan fingerprint density at radius 2 is 1.97 bits per heavy atom. The van der Waals surface area contributed by atoms with Gasteiger partial charge in [-0.15, -0.1) is 0 Å². The summed E-state index contributed by atoms with van der Waals surface area (Å²) in [6.45, 7) is 11.0. The molecular weight excluding hydrogens is 502 g/mol. The van der Waals surface area contributed by atoms with Gasteiger partial charge in [0.1, 0.15) is 24.2 Å². The van der Waals surface area contributed by atoms with Crippen molar-refractivity contribution in [1.29, 1.82) is 5.26 Å². The minimum absolute atomic E-state index is 0.0477. The Balaban J connectivity index is 1.28. The number of hydrogen-bond donors (Lipinski definition) is 3. The molecular formula is C28H41N5O6. The number of hydrogen-bond acceptors (Lipinski definition) is 7. The van der Waals surface area contributed by atoms with Gasteiger partial charge in [-0.1, -0.05) is 34.6 Å². The van der Waals surface area contributed by atoms with E-state index < -0.39 is 29.6 Å². The van der Waals surface area contributed by atoms with Gasteiger partial charge in [-0.25, -0.2) is 4.79 Å². The molecule has 7 atom stereocenters. The smallest absolute Gasteiger partial charge is 0.408 e. The van der Waals surface area contributed by atoms with Crippen LogP contribution in [0.4, 0.5) is 4.79 Å². The molecule has 0 bridgehead atoms. The van der Waals surface area contributed by atoms with Crippen LogP contribution >= 0.6 is 0 Å². The normalized spacial score (nSPS) is 33.0. The zero-order valence-corrected chi connectivity index (χ0v) is 23.5. The Kier molecular flexibility index (Phi) is 6.85. The number of nitrogens with one attached hydrogen (secondary N) is 3. The number of carbonyl (C=O) groups excluding carboxylic acids is 4. The van der Waals surface area contributed by atoms with Crippen LogP contribution in [0.1, 0.15) is 66.7 Å². The molecule has 39 heavy (non-hydrogen) atoms. The quantitative estimate of drug-likeness (QED) is 0.440. The molecule has 2 saturated carbocycles. The fourth-order valence-electron chi connectivity index (χ4n) is 6.87. The average Bonchev–Trinajstić information content (AvgIpc) is 3.39. The second kappa shape index (κ2) is 9.65. The molecule has 1 unspecified atom stereocenters. The molecule has 0 aromatic heterocycles. The maximum Gasteiger partial charge on any atom is 0.408 e. The molecule has 3 N–H and O–H groups in total. The lowest BCUT2D eigenvalue weighted by Gasteiger charge is -2.37. The van der Waals surface area contributed by atoms with Gasteiger partial charge in [0, 0.05) is 24.4 Å². The van der Waals surface area contributed by atoms with Crippen molar-refractivity contribution in [3.8, 4) is 6.07 Å². The maximum absolute atomic E-state index is 13.9. The third-order valence-electron chi connectivity index (χ3n) is 9.54. The van der Waals surface area contributed by atoms with E-state index in [-0.39, 0.29) is 59.0 Å². The summed E-state index contributed by atoms with van der Waals surface area (Å²) in [5.41, 5.74) is -0.862. The molecule has 11 nitrogen and oxygen atoms in total. The third kappa shape index (κ3) is 5.32. The van der Waals surface area contributed by atoms with Gasteiger partial charge in [-0.3, -0.25) is 14.4 Å². The first kappa shape index (κ1) is 27.7. The van der Waals surface area contributed by atoms with Gasteiger partial charge in [-0.05, 0) is 48.3 Å². The fraction of sp³-hybridized carbons (Fsp3) is 0.821. The van der Waals surface area contributed by atoms with E-state index in [4.69, 9.17) is 9.47 Å². The highest BCUT2D eigenvalue weighted by Gasteiger charge is 2.70. The molecule has 4 amide bonds. The molecule has 5 fully saturated rings. The lowest BCUT2D eigenvalue weighted by molar-refractivity contribution is -0.144. The van der Waals surface area contributed by atoms with E-state index in [0.29, 0.717) is 32.6 Å². The highest BCUT2D eigenvalue weighted by molar-refractivity contribution is 5.93. The van der Waals surface area contributed by atoms with E-state index in [1.165, 1.54) is 0 Å². The number of carbonyl (C=O) groups is 4. The van der Waals surface area contributed by atoms with Gasteiger partial charge in [0.25, 0.3) is 0 Å². The van der Waals surface area contributed by atoms with Crippen molar-refractivity contribution < 1.29 is 28.7 Å². The zero-order valence-electron chi connectivity index (χ0n) is 23.5. The van der Waals surface area contributed by atoms with Crippen molar-refractivity contribution in [2.75, 3.05) is 19.8 Å². The summed E-state index contributed by atoms with van der Waals surface area (Å²) in [5.74, 6) is -0.992. The SMILES string of the molecule is CC(C)(C)[C@H](NC(=O)OC1CCOC1)C(=O)N1C[C@H]2[C@@H]([C@H]1C(=O)N[C@H](C#N)C[C@@H]1CC3(CC3)NC1=O)C2(C)C. The molecule has 0 radical (unpaired) electrons. The number of rotatable bonds is 7. The molecule has 5 aliphatic rings. The number of piperidine rings is 1. The first-order valence-corrected chi connectivity index (χ1v) is 14.1. The Hall–Kier alpha value is -2.87. The third-order valence-corrected chi connectivity index (χ3v) is 9.54. The molecule has 0 aromatic rings. The van der Waals surface area contributed by atoms with Gasteiger partial charge in [-0.2, -0.15) is 5.26 Å². The largest absolute Gasteiger partial charge is 0.444 e. The van der Waals surface area contributed by atoms with Crippen LogP contribution in [0, 0.1) is 39.9 Å². The first-order chi connectivity index (χ1) is 18.3. The second-order valence-electron chi connectivity index (χ2n) is 13.8. The number of fused-ring (bicyclic) bond motifs is 1. The van der Waals surface area contributed by atoms with Gasteiger partial charge in [0.15, 0.2) is 0 Å². The van der Waals surface area contributed by atoms with Crippen LogP contribution in [-0.4, -0.2) is 78.2 Å². The fourth-order valence-corrected chi connectivity index (χ4v) is 6.87. The zero-order chi connectivity index (χ0) is 28.3. The van der Waals surface area contributed by atoms with Gasteiger partial charge >= 0.3 is 6.09 Å². The Bertz CT molecular complexity index is 1080. The van der Waals surface area contributed by atoms with Crippen molar-refractivity contribution in [3.05, 3.63) is 0 Å². The predicted molar refractivity (Wildman–Crippen MR) is 139 cm³/mol. The van der Waals surface area contributed by atoms with Crippen LogP contribution in [-0.2, 0) is 23.9 Å². The summed E-state index contributed by atoms with van der Waals surface area (Å²) in [6, 6.07) is -0.348. The summed E-state index contributed by atoms with van der Waals surface area (Å²) in [5, 5.41) is 18.5. The van der Waals surface area contributed by atoms with Crippen molar-refractivity contribution >= 4 is 23.8 Å². The molecule has 1 spiro atoms. The van der Waals surface area contributed by atoms with Crippen LogP contribution < -0.4 is 16.0 Å². The van der Waals surface area contributed by atoms with E-state index >= 15 is 0 Å². The lowest BCUT2D eigenvalue weighted by atomic mass is 9.85. The summed E-state index contributed by atoms with van der Waals surface area (Å²) in [6.07, 6.45) is 2.43. The van der Waals surface area contributed by atoms with E-state index in [0.717, 1.165) is 12.8 Å². The average molecular weight is 544 g/mol. The topological polar surface area (TPSA) is 150 Å². The maximum atomic E-state index is 13.9. The van der Waals surface area contributed by atoms with Crippen LogP contribution in [0.15, 0.2) is 0 Å². The molecule has 11 heteroatoms. The van der Waals surface area contributed by atoms with Crippen molar-refractivity contribution in [2.24, 2.45) is 28.6 Å². The summed E-state index contributed by atoms with van der Waals surface area (Å²) < 4.78 is 10.7. The van der Waals surface area contributed by atoms with Crippen molar-refractivity contribution in [1.82, 2.24) is 20.9 Å². The van der Waals surface area contributed by atoms with Crippen LogP contribution in [0.25, 0.3) is 0 Å². The Labute approximate surface area is 229 Å². The lowest BCUT2D eigenvalue weighted by Crippen LogP contribution is -2.60. The van der Waals surface area contributed by atoms with Gasteiger partial charge in [0.05, 0.1) is 19.3 Å². The Morgan fingerprint density at radius 1 is 1.26 bits per heavy atom. The molecule has 3 aliphatic heterocycles. The molecule has 5 rings (SSSR count). The molecule has 214 valence electrons. The van der Waals surface area contributed by atoms with Crippen molar-refractivity contribution in [3.63, 3.8) is 0 Å². The number of nitriles is 1. The van der Waals surface area contributed by atoms with Gasteiger partial charge in [0.2, 0.25) is 17.7 Å². The summed E-state index contributed by atoms with van der Waals surface area (Å²) in [7, 11) is 0. The number of likely N-dealkylation sites (tertiary alicyclic amines) is 1. The number of amides is 4. The van der Waals surface area contributed by atoms with E-state index in [1.54, 1.807) is 4.90 Å².